The molecule has 0 bridgehead atoms. The van der Waals surface area contributed by atoms with Crippen molar-refractivity contribution in [1.29, 1.82) is 0 Å². The lowest BCUT2D eigenvalue weighted by Gasteiger charge is -2.12. The van der Waals surface area contributed by atoms with Crippen LogP contribution in [0.5, 0.6) is 0 Å². The SMILES string of the molecule is O=C(NNS(=O)(=O)c1ccccc1)c1cccnc1Nc1ccccc1. The summed E-state index contributed by atoms with van der Waals surface area (Å²) in [5.41, 5.74) is 3.16. The summed E-state index contributed by atoms with van der Waals surface area (Å²) >= 11 is 0. The van der Waals surface area contributed by atoms with Gasteiger partial charge in [-0.05, 0) is 36.4 Å². The maximum Gasteiger partial charge on any atom is 0.269 e. The molecule has 0 saturated heterocycles. The lowest BCUT2D eigenvalue weighted by Crippen LogP contribution is -2.41. The molecule has 0 saturated carbocycles. The highest BCUT2D eigenvalue weighted by atomic mass is 32.2. The van der Waals surface area contributed by atoms with Crippen LogP contribution in [0.15, 0.2) is 83.9 Å². The molecule has 7 nitrogen and oxygen atoms in total. The molecule has 1 heterocycles. The van der Waals surface area contributed by atoms with Gasteiger partial charge in [0.25, 0.3) is 15.9 Å². The van der Waals surface area contributed by atoms with Crippen LogP contribution in [0.2, 0.25) is 0 Å². The summed E-state index contributed by atoms with van der Waals surface area (Å²) in [5.74, 6) is -0.314. The number of hydrogen-bond acceptors (Lipinski definition) is 5. The smallest absolute Gasteiger partial charge is 0.269 e. The minimum absolute atomic E-state index is 0.0501. The van der Waals surface area contributed by atoms with E-state index in [-0.39, 0.29) is 10.5 Å². The van der Waals surface area contributed by atoms with Gasteiger partial charge in [-0.2, -0.15) is 0 Å². The molecule has 0 radical (unpaired) electrons. The minimum Gasteiger partial charge on any atom is -0.340 e. The molecule has 0 aliphatic carbocycles. The Balaban J connectivity index is 1.74. The van der Waals surface area contributed by atoms with E-state index >= 15 is 0 Å². The lowest BCUT2D eigenvalue weighted by molar-refractivity contribution is 0.0945. The van der Waals surface area contributed by atoms with Crippen molar-refractivity contribution >= 4 is 27.4 Å². The molecule has 3 N–H and O–H groups in total. The molecule has 132 valence electrons. The maximum absolute atomic E-state index is 12.4. The van der Waals surface area contributed by atoms with Gasteiger partial charge in [0.15, 0.2) is 0 Å². The van der Waals surface area contributed by atoms with Crippen molar-refractivity contribution in [3.63, 3.8) is 0 Å². The van der Waals surface area contributed by atoms with Gasteiger partial charge < -0.3 is 5.32 Å². The van der Waals surface area contributed by atoms with Crippen LogP contribution < -0.4 is 15.6 Å². The Morgan fingerprint density at radius 2 is 1.50 bits per heavy atom. The predicted molar refractivity (Wildman–Crippen MR) is 98.2 cm³/mol. The molecule has 0 fully saturated rings. The molecule has 2 aromatic carbocycles. The number of benzene rings is 2. The fraction of sp³-hybridized carbons (Fsp3) is 0. The van der Waals surface area contributed by atoms with Crippen LogP contribution in [0.25, 0.3) is 0 Å². The van der Waals surface area contributed by atoms with E-state index in [0.29, 0.717) is 5.82 Å². The van der Waals surface area contributed by atoms with E-state index in [9.17, 15) is 13.2 Å². The first-order chi connectivity index (χ1) is 12.6. The van der Waals surface area contributed by atoms with Crippen LogP contribution in [-0.2, 0) is 10.0 Å². The average Bonchev–Trinajstić information content (AvgIpc) is 2.68. The first kappa shape index (κ1) is 17.6. The van der Waals surface area contributed by atoms with Crippen molar-refractivity contribution in [2.75, 3.05) is 5.32 Å². The number of sulfonamides is 1. The molecule has 1 amide bonds. The van der Waals surface area contributed by atoms with Gasteiger partial charge in [-0.15, -0.1) is 4.83 Å². The zero-order chi connectivity index (χ0) is 18.4. The number of anilines is 2. The fourth-order valence-corrected chi connectivity index (χ4v) is 3.05. The van der Waals surface area contributed by atoms with E-state index in [1.807, 2.05) is 30.3 Å². The third kappa shape index (κ3) is 4.24. The Morgan fingerprint density at radius 3 is 2.19 bits per heavy atom. The van der Waals surface area contributed by atoms with Gasteiger partial charge in [0, 0.05) is 11.9 Å². The van der Waals surface area contributed by atoms with Crippen molar-refractivity contribution in [3.8, 4) is 0 Å². The lowest BCUT2D eigenvalue weighted by atomic mass is 10.2. The zero-order valence-electron chi connectivity index (χ0n) is 13.6. The summed E-state index contributed by atoms with van der Waals surface area (Å²) in [6, 6.07) is 20.1. The van der Waals surface area contributed by atoms with Gasteiger partial charge in [0.05, 0.1) is 10.5 Å². The number of nitrogens with zero attached hydrogens (tertiary/aromatic N) is 1. The van der Waals surface area contributed by atoms with Gasteiger partial charge in [-0.3, -0.25) is 10.2 Å². The molecular weight excluding hydrogens is 352 g/mol. The van der Waals surface area contributed by atoms with Crippen molar-refractivity contribution < 1.29 is 13.2 Å². The third-order valence-electron chi connectivity index (χ3n) is 3.44. The van der Waals surface area contributed by atoms with E-state index in [2.05, 4.69) is 20.6 Å². The number of aromatic nitrogens is 1. The second-order valence-electron chi connectivity index (χ2n) is 5.26. The average molecular weight is 368 g/mol. The predicted octanol–water partition coefficient (Wildman–Crippen LogP) is 2.45. The molecule has 0 unspecified atom stereocenters. The zero-order valence-corrected chi connectivity index (χ0v) is 14.4. The highest BCUT2D eigenvalue weighted by Crippen LogP contribution is 2.18. The van der Waals surface area contributed by atoms with E-state index < -0.39 is 15.9 Å². The molecule has 0 aliphatic rings. The number of carbonyl (C=O) groups is 1. The molecule has 3 rings (SSSR count). The monoisotopic (exact) mass is 368 g/mol. The minimum atomic E-state index is -3.86. The van der Waals surface area contributed by atoms with Gasteiger partial charge in [-0.25, -0.2) is 13.4 Å². The number of pyridine rings is 1. The van der Waals surface area contributed by atoms with Crippen LogP contribution >= 0.6 is 0 Å². The van der Waals surface area contributed by atoms with Gasteiger partial charge >= 0.3 is 0 Å². The second-order valence-corrected chi connectivity index (χ2v) is 6.95. The van der Waals surface area contributed by atoms with Gasteiger partial charge in [0.2, 0.25) is 0 Å². The second kappa shape index (κ2) is 7.77. The Morgan fingerprint density at radius 1 is 0.846 bits per heavy atom. The Kier molecular flexibility index (Phi) is 5.26. The van der Waals surface area contributed by atoms with Crippen LogP contribution in [0.3, 0.4) is 0 Å². The summed E-state index contributed by atoms with van der Waals surface area (Å²) < 4.78 is 24.4. The van der Waals surface area contributed by atoms with E-state index in [1.54, 1.807) is 30.3 Å². The van der Waals surface area contributed by atoms with Crippen molar-refractivity contribution in [2.24, 2.45) is 0 Å². The molecule has 1 aromatic heterocycles. The standard InChI is InChI=1S/C18H16N4O3S/c23-18(21-22-26(24,25)15-10-5-2-6-11-15)16-12-7-13-19-17(16)20-14-8-3-1-4-9-14/h1-13,22H,(H,19,20)(H,21,23). The fourth-order valence-electron chi connectivity index (χ4n) is 2.19. The molecule has 0 spiro atoms. The summed E-state index contributed by atoms with van der Waals surface area (Å²) in [7, 11) is -3.86. The summed E-state index contributed by atoms with van der Waals surface area (Å²) in [4.78, 5) is 18.7. The van der Waals surface area contributed by atoms with Crippen molar-refractivity contribution in [1.82, 2.24) is 15.2 Å². The normalized spacial score (nSPS) is 10.9. The molecule has 0 aliphatic heterocycles. The number of carbonyl (C=O) groups excluding carboxylic acids is 1. The van der Waals surface area contributed by atoms with E-state index in [1.165, 1.54) is 18.3 Å². The summed E-state index contributed by atoms with van der Waals surface area (Å²) in [6.07, 6.45) is 1.54. The number of hydrazine groups is 1. The molecule has 3 aromatic rings. The summed E-state index contributed by atoms with van der Waals surface area (Å²) in [6.45, 7) is 0. The Hall–Kier alpha value is -3.23. The molecular formula is C18H16N4O3S. The highest BCUT2D eigenvalue weighted by molar-refractivity contribution is 7.89. The third-order valence-corrected chi connectivity index (χ3v) is 4.70. The van der Waals surface area contributed by atoms with Crippen molar-refractivity contribution in [2.45, 2.75) is 4.90 Å². The number of nitrogens with one attached hydrogen (secondary N) is 3. The summed E-state index contributed by atoms with van der Waals surface area (Å²) in [5, 5.41) is 3.03. The van der Waals surface area contributed by atoms with Crippen LogP contribution in [0, 0.1) is 0 Å². The van der Waals surface area contributed by atoms with Gasteiger partial charge in [-0.1, -0.05) is 36.4 Å². The molecule has 0 atom stereocenters. The molecule has 8 heteroatoms. The largest absolute Gasteiger partial charge is 0.340 e. The first-order valence-electron chi connectivity index (χ1n) is 7.70. The number of amides is 1. The topological polar surface area (TPSA) is 100 Å². The van der Waals surface area contributed by atoms with E-state index in [0.717, 1.165) is 5.69 Å². The first-order valence-corrected chi connectivity index (χ1v) is 9.19. The van der Waals surface area contributed by atoms with Crippen LogP contribution in [-0.4, -0.2) is 19.3 Å². The number of hydrogen-bond donors (Lipinski definition) is 3. The Labute approximate surface area is 151 Å². The number of para-hydroxylation sites is 1. The van der Waals surface area contributed by atoms with E-state index in [4.69, 9.17) is 0 Å². The Bertz CT molecular complexity index is 993. The van der Waals surface area contributed by atoms with Crippen LogP contribution in [0.4, 0.5) is 11.5 Å². The van der Waals surface area contributed by atoms with Crippen molar-refractivity contribution in [3.05, 3.63) is 84.6 Å². The quantitative estimate of drug-likeness (QED) is 0.580. The van der Waals surface area contributed by atoms with Gasteiger partial charge in [0.1, 0.15) is 5.82 Å². The maximum atomic E-state index is 12.4. The van der Waals surface area contributed by atoms with Crippen LogP contribution in [0.1, 0.15) is 10.4 Å². The highest BCUT2D eigenvalue weighted by Gasteiger charge is 2.17. The number of rotatable bonds is 6. The molecule has 26 heavy (non-hydrogen) atoms.